The van der Waals surface area contributed by atoms with Crippen LogP contribution in [0.3, 0.4) is 0 Å². The maximum absolute atomic E-state index is 9.49. The van der Waals surface area contributed by atoms with Gasteiger partial charge in [0.05, 0.1) is 38.5 Å². The summed E-state index contributed by atoms with van der Waals surface area (Å²) in [6.07, 6.45) is 0.638. The number of rotatable bonds is 19. The Labute approximate surface area is 265 Å². The first kappa shape index (κ1) is 33.7. The zero-order chi connectivity index (χ0) is 32.7. The second kappa shape index (κ2) is 17.4. The standard InChI is InChI=1S/C28H40N14O4/c29-9-11-32-24-39-25(41-28(40-24)36-22(15-45)16-46)33-19-6-4-17(5-7-19)8-10-31-23-37-26(34-20-3-1-2-18(30)12-20)42-27(38-23)35-21(13-43)14-44/h1-7,12,21-22,43-46H,8-11,13-16,29-30H2,(H3,31,34,35,37,38,42)(H3,32,33,36,39,40,41). The number of nitrogens with one attached hydrogen (secondary N) is 6. The van der Waals surface area contributed by atoms with Gasteiger partial charge in [0.1, 0.15) is 0 Å². The molecule has 2 aromatic heterocycles. The number of aliphatic hydroxyl groups excluding tert-OH is 4. The average molecular weight is 637 g/mol. The lowest BCUT2D eigenvalue weighted by molar-refractivity contribution is 0.203. The minimum atomic E-state index is -0.644. The Morgan fingerprint density at radius 3 is 1.61 bits per heavy atom. The summed E-state index contributed by atoms with van der Waals surface area (Å²) in [5.41, 5.74) is 14.5. The van der Waals surface area contributed by atoms with E-state index in [1.54, 1.807) is 18.2 Å². The van der Waals surface area contributed by atoms with Crippen LogP contribution in [0.2, 0.25) is 0 Å². The Kier molecular flexibility index (Phi) is 12.7. The Hall–Kier alpha value is -5.14. The van der Waals surface area contributed by atoms with Gasteiger partial charge in [-0.1, -0.05) is 18.2 Å². The number of nitrogens with zero attached hydrogens (tertiary/aromatic N) is 6. The third kappa shape index (κ3) is 10.5. The van der Waals surface area contributed by atoms with Gasteiger partial charge in [-0.15, -0.1) is 0 Å². The molecule has 0 saturated carbocycles. The highest BCUT2D eigenvalue weighted by Gasteiger charge is 2.13. The molecule has 2 aromatic carbocycles. The number of nitrogens with two attached hydrogens (primary N) is 2. The number of hydrogen-bond donors (Lipinski definition) is 12. The number of nitrogen functional groups attached to an aromatic ring is 1. The molecular formula is C28H40N14O4. The van der Waals surface area contributed by atoms with E-state index in [-0.39, 0.29) is 56.2 Å². The van der Waals surface area contributed by atoms with Crippen molar-refractivity contribution in [1.82, 2.24) is 29.9 Å². The van der Waals surface area contributed by atoms with Crippen molar-refractivity contribution in [3.8, 4) is 0 Å². The van der Waals surface area contributed by atoms with Gasteiger partial charge in [-0.3, -0.25) is 0 Å². The first-order chi connectivity index (χ1) is 22.4. The molecule has 0 spiro atoms. The highest BCUT2D eigenvalue weighted by Crippen LogP contribution is 2.20. The fourth-order valence-electron chi connectivity index (χ4n) is 3.95. The molecule has 0 atom stereocenters. The summed E-state index contributed by atoms with van der Waals surface area (Å²) in [6.45, 7) is 0.111. The number of anilines is 9. The highest BCUT2D eigenvalue weighted by molar-refractivity contribution is 5.61. The Morgan fingerprint density at radius 2 is 1.09 bits per heavy atom. The molecule has 0 saturated heterocycles. The lowest BCUT2D eigenvalue weighted by atomic mass is 10.1. The molecule has 2 heterocycles. The van der Waals surface area contributed by atoms with Crippen LogP contribution in [-0.4, -0.2) is 108 Å². The number of aromatic nitrogens is 6. The summed E-state index contributed by atoms with van der Waals surface area (Å²) in [5.74, 6) is 1.44. The second-order valence-corrected chi connectivity index (χ2v) is 9.99. The van der Waals surface area contributed by atoms with Crippen LogP contribution in [-0.2, 0) is 6.42 Å². The van der Waals surface area contributed by atoms with Gasteiger partial charge in [0.2, 0.25) is 35.7 Å². The van der Waals surface area contributed by atoms with Gasteiger partial charge >= 0.3 is 0 Å². The van der Waals surface area contributed by atoms with E-state index in [0.29, 0.717) is 43.4 Å². The third-order valence-electron chi connectivity index (χ3n) is 6.30. The van der Waals surface area contributed by atoms with Crippen molar-refractivity contribution in [3.05, 3.63) is 54.1 Å². The highest BCUT2D eigenvalue weighted by atomic mass is 16.3. The lowest BCUT2D eigenvalue weighted by Gasteiger charge is -2.16. The molecule has 14 N–H and O–H groups in total. The van der Waals surface area contributed by atoms with Crippen LogP contribution in [0.4, 0.5) is 52.8 Å². The third-order valence-corrected chi connectivity index (χ3v) is 6.30. The van der Waals surface area contributed by atoms with E-state index in [1.807, 2.05) is 30.3 Å². The minimum absolute atomic E-state index is 0.175. The number of benzene rings is 2. The molecule has 0 fully saturated rings. The van der Waals surface area contributed by atoms with Crippen LogP contribution in [0.1, 0.15) is 5.56 Å². The van der Waals surface area contributed by atoms with Crippen molar-refractivity contribution < 1.29 is 20.4 Å². The maximum Gasteiger partial charge on any atom is 0.233 e. The molecule has 18 heteroatoms. The van der Waals surface area contributed by atoms with Crippen molar-refractivity contribution in [2.45, 2.75) is 18.5 Å². The van der Waals surface area contributed by atoms with Crippen LogP contribution in [0.25, 0.3) is 0 Å². The second-order valence-electron chi connectivity index (χ2n) is 9.99. The zero-order valence-corrected chi connectivity index (χ0v) is 25.1. The zero-order valence-electron chi connectivity index (χ0n) is 25.1. The van der Waals surface area contributed by atoms with Crippen molar-refractivity contribution in [1.29, 1.82) is 0 Å². The van der Waals surface area contributed by atoms with Gasteiger partial charge in [-0.2, -0.15) is 29.9 Å². The predicted molar refractivity (Wildman–Crippen MR) is 176 cm³/mol. The Balaban J connectivity index is 1.40. The average Bonchev–Trinajstić information content (AvgIpc) is 3.06. The van der Waals surface area contributed by atoms with E-state index in [4.69, 9.17) is 11.5 Å². The van der Waals surface area contributed by atoms with Gasteiger partial charge < -0.3 is 63.8 Å². The van der Waals surface area contributed by atoms with Gasteiger partial charge in [-0.25, -0.2) is 0 Å². The van der Waals surface area contributed by atoms with Crippen molar-refractivity contribution in [2.24, 2.45) is 5.73 Å². The number of hydrogen-bond acceptors (Lipinski definition) is 18. The molecule has 4 aromatic rings. The lowest BCUT2D eigenvalue weighted by Crippen LogP contribution is -2.29. The SMILES string of the molecule is NCCNc1nc(Nc2ccc(CCNc3nc(Nc4cccc(N)c4)nc(NC(CO)CO)n3)cc2)nc(NC(CO)CO)n1. The van der Waals surface area contributed by atoms with Crippen LogP contribution in [0, 0.1) is 0 Å². The first-order valence-corrected chi connectivity index (χ1v) is 14.6. The summed E-state index contributed by atoms with van der Waals surface area (Å²) in [4.78, 5) is 26.1. The molecule has 0 amide bonds. The van der Waals surface area contributed by atoms with Gasteiger partial charge in [0.15, 0.2) is 0 Å². The monoisotopic (exact) mass is 636 g/mol. The maximum atomic E-state index is 9.49. The molecule has 246 valence electrons. The smallest absolute Gasteiger partial charge is 0.233 e. The van der Waals surface area contributed by atoms with Crippen LogP contribution < -0.4 is 43.4 Å². The largest absolute Gasteiger partial charge is 0.399 e. The molecule has 0 aliphatic rings. The van der Waals surface area contributed by atoms with Gasteiger partial charge in [-0.05, 0) is 42.3 Å². The minimum Gasteiger partial charge on any atom is -0.399 e. The van der Waals surface area contributed by atoms with Gasteiger partial charge in [0, 0.05) is 36.7 Å². The normalized spacial score (nSPS) is 11.0. The summed E-state index contributed by atoms with van der Waals surface area (Å²) < 4.78 is 0. The van der Waals surface area contributed by atoms with E-state index >= 15 is 0 Å². The number of aliphatic hydroxyl groups is 4. The molecule has 4 rings (SSSR count). The van der Waals surface area contributed by atoms with Crippen LogP contribution >= 0.6 is 0 Å². The topological polar surface area (TPSA) is 282 Å². The summed E-state index contributed by atoms with van der Waals surface area (Å²) >= 11 is 0. The fraction of sp³-hybridized carbons (Fsp3) is 0.357. The molecule has 0 radical (unpaired) electrons. The van der Waals surface area contributed by atoms with E-state index in [2.05, 4.69) is 61.8 Å². The van der Waals surface area contributed by atoms with Gasteiger partial charge in [0.25, 0.3) is 0 Å². The fourth-order valence-corrected chi connectivity index (χ4v) is 3.95. The molecule has 0 aliphatic heterocycles. The predicted octanol–water partition coefficient (Wildman–Crippen LogP) is -0.319. The van der Waals surface area contributed by atoms with E-state index < -0.39 is 12.1 Å². The van der Waals surface area contributed by atoms with E-state index in [0.717, 1.165) is 11.3 Å². The van der Waals surface area contributed by atoms with Crippen molar-refractivity contribution in [3.63, 3.8) is 0 Å². The molecule has 0 aliphatic carbocycles. The van der Waals surface area contributed by atoms with Crippen LogP contribution in [0.5, 0.6) is 0 Å². The summed E-state index contributed by atoms with van der Waals surface area (Å²) in [5, 5.41) is 56.0. The molecule has 46 heavy (non-hydrogen) atoms. The van der Waals surface area contributed by atoms with Crippen molar-refractivity contribution >= 4 is 52.8 Å². The Morgan fingerprint density at radius 1 is 0.587 bits per heavy atom. The summed E-state index contributed by atoms with van der Waals surface area (Å²) in [6, 6.07) is 13.5. The molecule has 0 bridgehead atoms. The van der Waals surface area contributed by atoms with Crippen LogP contribution in [0.15, 0.2) is 48.5 Å². The van der Waals surface area contributed by atoms with E-state index in [1.165, 1.54) is 0 Å². The van der Waals surface area contributed by atoms with Crippen molar-refractivity contribution in [2.75, 3.05) is 83.7 Å². The molecular weight excluding hydrogens is 596 g/mol. The molecule has 18 nitrogen and oxygen atoms in total. The Bertz CT molecular complexity index is 1510. The quantitative estimate of drug-likeness (QED) is 0.0587. The van der Waals surface area contributed by atoms with E-state index in [9.17, 15) is 20.4 Å². The summed E-state index contributed by atoms with van der Waals surface area (Å²) in [7, 11) is 0. The molecule has 0 unspecified atom stereocenters. The first-order valence-electron chi connectivity index (χ1n) is 14.6.